The van der Waals surface area contributed by atoms with Crippen LogP contribution in [0.3, 0.4) is 0 Å². The summed E-state index contributed by atoms with van der Waals surface area (Å²) in [7, 11) is 0. The van der Waals surface area contributed by atoms with E-state index < -0.39 is 17.5 Å². The molecular formula is C19H14BrF3O. The van der Waals surface area contributed by atoms with E-state index in [2.05, 4.69) is 15.9 Å². The van der Waals surface area contributed by atoms with Gasteiger partial charge in [0.15, 0.2) is 5.78 Å². The van der Waals surface area contributed by atoms with E-state index >= 15 is 0 Å². The van der Waals surface area contributed by atoms with Gasteiger partial charge in [0.25, 0.3) is 0 Å². The molecule has 0 aromatic heterocycles. The number of benzene rings is 2. The first-order chi connectivity index (χ1) is 11.3. The van der Waals surface area contributed by atoms with Crippen molar-refractivity contribution >= 4 is 26.2 Å². The van der Waals surface area contributed by atoms with E-state index in [9.17, 15) is 18.0 Å². The average molecular weight is 395 g/mol. The van der Waals surface area contributed by atoms with Gasteiger partial charge in [0.05, 0.1) is 5.56 Å². The molecule has 0 fully saturated rings. The Morgan fingerprint density at radius 2 is 1.58 bits per heavy atom. The van der Waals surface area contributed by atoms with Gasteiger partial charge in [0.2, 0.25) is 0 Å². The zero-order valence-corrected chi connectivity index (χ0v) is 14.4. The predicted molar refractivity (Wildman–Crippen MR) is 92.9 cm³/mol. The summed E-state index contributed by atoms with van der Waals surface area (Å²) in [5.74, 6) is -0.478. The SMILES string of the molecule is CC(/C=C/C(=O)c1cccc(C(F)(F)F)c1)=C(\Br)c1ccccc1. The number of carbonyl (C=O) groups excluding carboxylic acids is 1. The maximum absolute atomic E-state index is 12.7. The Morgan fingerprint density at radius 3 is 2.21 bits per heavy atom. The lowest BCUT2D eigenvalue weighted by Gasteiger charge is -2.07. The first-order valence-electron chi connectivity index (χ1n) is 7.10. The molecule has 0 radical (unpaired) electrons. The maximum atomic E-state index is 12.7. The summed E-state index contributed by atoms with van der Waals surface area (Å²) in [6.07, 6.45) is -1.61. The first kappa shape index (κ1) is 18.2. The molecule has 0 atom stereocenters. The second-order valence-corrected chi connectivity index (χ2v) is 5.93. The van der Waals surface area contributed by atoms with Gasteiger partial charge in [-0.1, -0.05) is 48.5 Å². The Labute approximate surface area is 146 Å². The largest absolute Gasteiger partial charge is 0.416 e. The summed E-state index contributed by atoms with van der Waals surface area (Å²) in [4.78, 5) is 12.1. The Kier molecular flexibility index (Phi) is 5.78. The van der Waals surface area contributed by atoms with Crippen molar-refractivity contribution in [2.75, 3.05) is 0 Å². The fourth-order valence-electron chi connectivity index (χ4n) is 2.03. The maximum Gasteiger partial charge on any atom is 0.416 e. The molecule has 124 valence electrons. The third-order valence-electron chi connectivity index (χ3n) is 3.33. The Balaban J connectivity index is 2.22. The molecule has 5 heteroatoms. The molecule has 24 heavy (non-hydrogen) atoms. The van der Waals surface area contributed by atoms with Crippen LogP contribution in [0.4, 0.5) is 13.2 Å². The fraction of sp³-hybridized carbons (Fsp3) is 0.105. The van der Waals surface area contributed by atoms with Crippen LogP contribution in [0, 0.1) is 0 Å². The predicted octanol–water partition coefficient (Wildman–Crippen LogP) is 6.27. The van der Waals surface area contributed by atoms with Crippen LogP contribution in [0.1, 0.15) is 28.4 Å². The highest BCUT2D eigenvalue weighted by atomic mass is 79.9. The second kappa shape index (κ2) is 7.62. The van der Waals surface area contributed by atoms with Gasteiger partial charge in [-0.05, 0) is 52.2 Å². The van der Waals surface area contributed by atoms with E-state index in [-0.39, 0.29) is 5.56 Å². The standard InChI is InChI=1S/C19H14BrF3O/c1-13(18(20)14-6-3-2-4-7-14)10-11-17(24)15-8-5-9-16(12-15)19(21,22)23/h2-12H,1H3/b11-10+,18-13+. The molecule has 0 bridgehead atoms. The summed E-state index contributed by atoms with van der Waals surface area (Å²) in [6, 6.07) is 13.9. The third kappa shape index (κ3) is 4.68. The minimum Gasteiger partial charge on any atom is -0.289 e. The molecule has 0 amide bonds. The topological polar surface area (TPSA) is 17.1 Å². The van der Waals surface area contributed by atoms with E-state index in [1.54, 1.807) is 6.08 Å². The van der Waals surface area contributed by atoms with Crippen molar-refractivity contribution in [3.63, 3.8) is 0 Å². The van der Waals surface area contributed by atoms with Crippen molar-refractivity contribution in [1.82, 2.24) is 0 Å². The van der Waals surface area contributed by atoms with Crippen molar-refractivity contribution in [3.8, 4) is 0 Å². The molecule has 0 aliphatic heterocycles. The molecule has 0 saturated heterocycles. The molecule has 0 saturated carbocycles. The highest BCUT2D eigenvalue weighted by Gasteiger charge is 2.30. The number of hydrogen-bond donors (Lipinski definition) is 0. The van der Waals surface area contributed by atoms with Crippen molar-refractivity contribution in [2.24, 2.45) is 0 Å². The lowest BCUT2D eigenvalue weighted by molar-refractivity contribution is -0.137. The van der Waals surface area contributed by atoms with Crippen LogP contribution in [-0.2, 0) is 6.18 Å². The third-order valence-corrected chi connectivity index (χ3v) is 4.42. The summed E-state index contributed by atoms with van der Waals surface area (Å²) in [6.45, 7) is 1.81. The van der Waals surface area contributed by atoms with Crippen LogP contribution in [0.2, 0.25) is 0 Å². The van der Waals surface area contributed by atoms with Gasteiger partial charge < -0.3 is 0 Å². The van der Waals surface area contributed by atoms with Gasteiger partial charge in [-0.2, -0.15) is 13.2 Å². The highest BCUT2D eigenvalue weighted by Crippen LogP contribution is 2.30. The zero-order valence-electron chi connectivity index (χ0n) is 12.8. The van der Waals surface area contributed by atoms with Crippen molar-refractivity contribution < 1.29 is 18.0 Å². The van der Waals surface area contributed by atoms with E-state index in [4.69, 9.17) is 0 Å². The Morgan fingerprint density at radius 1 is 0.958 bits per heavy atom. The molecule has 2 rings (SSSR count). The average Bonchev–Trinajstić information content (AvgIpc) is 2.58. The van der Waals surface area contributed by atoms with Gasteiger partial charge in [-0.3, -0.25) is 4.79 Å². The Hall–Kier alpha value is -2.14. The number of hydrogen-bond acceptors (Lipinski definition) is 1. The van der Waals surface area contributed by atoms with Crippen molar-refractivity contribution in [1.29, 1.82) is 0 Å². The molecule has 0 N–H and O–H groups in total. The highest BCUT2D eigenvalue weighted by molar-refractivity contribution is 9.15. The van der Waals surface area contributed by atoms with Crippen LogP contribution >= 0.6 is 15.9 Å². The quantitative estimate of drug-likeness (QED) is 0.339. The summed E-state index contributed by atoms with van der Waals surface area (Å²) < 4.78 is 38.9. The van der Waals surface area contributed by atoms with Crippen LogP contribution in [0.25, 0.3) is 4.48 Å². The van der Waals surface area contributed by atoms with E-state index in [1.807, 2.05) is 37.3 Å². The van der Waals surface area contributed by atoms with E-state index in [0.29, 0.717) is 0 Å². The smallest absolute Gasteiger partial charge is 0.289 e. The lowest BCUT2D eigenvalue weighted by atomic mass is 10.1. The minimum atomic E-state index is -4.47. The molecule has 0 spiro atoms. The molecule has 0 unspecified atom stereocenters. The summed E-state index contributed by atoms with van der Waals surface area (Å²) >= 11 is 3.46. The summed E-state index contributed by atoms with van der Waals surface area (Å²) in [5, 5.41) is 0. The van der Waals surface area contributed by atoms with Crippen LogP contribution in [-0.4, -0.2) is 5.78 Å². The molecule has 1 nitrogen and oxygen atoms in total. The fourth-order valence-corrected chi connectivity index (χ4v) is 2.43. The molecule has 2 aromatic carbocycles. The van der Waals surface area contributed by atoms with Crippen LogP contribution in [0.5, 0.6) is 0 Å². The molecule has 0 aliphatic carbocycles. The lowest BCUT2D eigenvalue weighted by Crippen LogP contribution is -2.06. The number of alkyl halides is 3. The zero-order chi connectivity index (χ0) is 17.7. The normalized spacial score (nSPS) is 13.0. The first-order valence-corrected chi connectivity index (χ1v) is 7.90. The number of rotatable bonds is 4. The van der Waals surface area contributed by atoms with Gasteiger partial charge in [-0.25, -0.2) is 0 Å². The number of ketones is 1. The van der Waals surface area contributed by atoms with E-state index in [0.717, 1.165) is 27.8 Å². The van der Waals surface area contributed by atoms with Gasteiger partial charge in [0.1, 0.15) is 0 Å². The van der Waals surface area contributed by atoms with Gasteiger partial charge in [0, 0.05) is 10.0 Å². The van der Waals surface area contributed by atoms with Crippen molar-refractivity contribution in [3.05, 3.63) is 89.0 Å². The molecular weight excluding hydrogens is 381 g/mol. The number of carbonyl (C=O) groups is 1. The van der Waals surface area contributed by atoms with Crippen LogP contribution in [0.15, 0.2) is 72.3 Å². The number of halogens is 4. The van der Waals surface area contributed by atoms with Crippen LogP contribution < -0.4 is 0 Å². The summed E-state index contributed by atoms with van der Waals surface area (Å²) in [5.41, 5.74) is 0.914. The Bertz CT molecular complexity index is 790. The molecule has 0 aliphatic rings. The molecule has 0 heterocycles. The number of allylic oxidation sites excluding steroid dienone is 3. The van der Waals surface area contributed by atoms with E-state index in [1.165, 1.54) is 18.2 Å². The monoisotopic (exact) mass is 394 g/mol. The second-order valence-electron chi connectivity index (χ2n) is 5.14. The minimum absolute atomic E-state index is 0.00436. The van der Waals surface area contributed by atoms with Gasteiger partial charge >= 0.3 is 6.18 Å². The molecule has 2 aromatic rings. The van der Waals surface area contributed by atoms with Gasteiger partial charge in [-0.15, -0.1) is 0 Å². The van der Waals surface area contributed by atoms with Crippen molar-refractivity contribution in [2.45, 2.75) is 13.1 Å².